The summed E-state index contributed by atoms with van der Waals surface area (Å²) < 4.78 is 7.64. The number of nitrogens with zero attached hydrogens (tertiary/aromatic N) is 2. The van der Waals surface area contributed by atoms with E-state index in [9.17, 15) is 0 Å². The monoisotopic (exact) mass is 698 g/mol. The van der Waals surface area contributed by atoms with Crippen LogP contribution in [0.4, 0.5) is 17.1 Å². The van der Waals surface area contributed by atoms with Gasteiger partial charge in [0.05, 0.1) is 11.0 Å². The molecule has 4 heteroatoms. The smallest absolute Gasteiger partial charge is 0.0541 e. The van der Waals surface area contributed by atoms with Crippen molar-refractivity contribution >= 4 is 102 Å². The van der Waals surface area contributed by atoms with Gasteiger partial charge in [0.25, 0.3) is 0 Å². The third-order valence-corrected chi connectivity index (χ3v) is 12.7. The Kier molecular flexibility index (Phi) is 6.63. The van der Waals surface area contributed by atoms with E-state index in [1.165, 1.54) is 73.3 Å². The average molecular weight is 699 g/mol. The molecule has 8 aromatic carbocycles. The molecule has 0 fully saturated rings. The molecule has 11 aromatic rings. The zero-order valence-corrected chi connectivity index (χ0v) is 29.7. The van der Waals surface area contributed by atoms with Gasteiger partial charge < -0.3 is 9.47 Å². The van der Waals surface area contributed by atoms with E-state index in [4.69, 9.17) is 0 Å². The van der Waals surface area contributed by atoms with Crippen LogP contribution in [0.15, 0.2) is 182 Å². The standard InChI is InChI=1S/C48H30N2S2/c1-5-19-43-37(15-1)38-16-2-6-20-44(38)50(43)34-14-10-12-32(28-34)31-11-9-13-33(27-31)49(35-23-25-47-41(29-35)39-17-3-7-21-45(39)51-47)36-24-26-48-42(30-36)40-18-4-8-22-46(40)52-48/h1-30H. The maximum Gasteiger partial charge on any atom is 0.0541 e. The second-order valence-electron chi connectivity index (χ2n) is 13.4. The Morgan fingerprint density at radius 1 is 0.327 bits per heavy atom. The molecular formula is C48H30N2S2. The van der Waals surface area contributed by atoms with Gasteiger partial charge in [0.15, 0.2) is 0 Å². The van der Waals surface area contributed by atoms with Crippen molar-refractivity contribution in [1.29, 1.82) is 0 Å². The number of rotatable bonds is 5. The molecule has 0 amide bonds. The van der Waals surface area contributed by atoms with E-state index in [2.05, 4.69) is 191 Å². The lowest BCUT2D eigenvalue weighted by molar-refractivity contribution is 1.18. The van der Waals surface area contributed by atoms with Crippen molar-refractivity contribution in [1.82, 2.24) is 4.57 Å². The third kappa shape index (κ3) is 4.62. The van der Waals surface area contributed by atoms with Gasteiger partial charge in [0.2, 0.25) is 0 Å². The van der Waals surface area contributed by atoms with Crippen molar-refractivity contribution in [2.45, 2.75) is 0 Å². The quantitative estimate of drug-likeness (QED) is 0.174. The highest BCUT2D eigenvalue weighted by molar-refractivity contribution is 7.26. The Balaban J connectivity index is 1.09. The van der Waals surface area contributed by atoms with Gasteiger partial charge in [-0.05, 0) is 96.1 Å². The normalized spacial score (nSPS) is 11.8. The summed E-state index contributed by atoms with van der Waals surface area (Å²) in [5.74, 6) is 0. The molecule has 0 atom stereocenters. The Morgan fingerprint density at radius 2 is 0.788 bits per heavy atom. The molecule has 0 radical (unpaired) electrons. The fourth-order valence-corrected chi connectivity index (χ4v) is 10.2. The topological polar surface area (TPSA) is 8.17 Å². The van der Waals surface area contributed by atoms with Crippen molar-refractivity contribution < 1.29 is 0 Å². The fraction of sp³-hybridized carbons (Fsp3) is 0. The van der Waals surface area contributed by atoms with Gasteiger partial charge in [-0.1, -0.05) is 97.1 Å². The molecule has 0 N–H and O–H groups in total. The second kappa shape index (κ2) is 11.7. The molecule has 0 unspecified atom stereocenters. The zero-order valence-electron chi connectivity index (χ0n) is 28.0. The summed E-state index contributed by atoms with van der Waals surface area (Å²) in [6.07, 6.45) is 0. The molecule has 0 spiro atoms. The molecule has 2 nitrogen and oxygen atoms in total. The number of hydrogen-bond donors (Lipinski definition) is 0. The lowest BCUT2D eigenvalue weighted by atomic mass is 10.0. The van der Waals surface area contributed by atoms with Crippen LogP contribution in [0.5, 0.6) is 0 Å². The number of thiophene rings is 2. The van der Waals surface area contributed by atoms with Crippen molar-refractivity contribution in [3.8, 4) is 16.8 Å². The summed E-state index contributed by atoms with van der Waals surface area (Å²) in [6, 6.07) is 66.8. The van der Waals surface area contributed by atoms with Crippen LogP contribution in [0.1, 0.15) is 0 Å². The first-order valence-electron chi connectivity index (χ1n) is 17.6. The van der Waals surface area contributed by atoms with Crippen LogP contribution in [0.3, 0.4) is 0 Å². The van der Waals surface area contributed by atoms with Crippen LogP contribution < -0.4 is 4.90 Å². The molecule has 0 aliphatic carbocycles. The first-order chi connectivity index (χ1) is 25.8. The summed E-state index contributed by atoms with van der Waals surface area (Å²) in [5, 5.41) is 7.73. The number of benzene rings is 8. The van der Waals surface area contributed by atoms with Crippen molar-refractivity contribution in [2.24, 2.45) is 0 Å². The van der Waals surface area contributed by atoms with Gasteiger partial charge >= 0.3 is 0 Å². The minimum atomic E-state index is 1.12. The highest BCUT2D eigenvalue weighted by Gasteiger charge is 2.18. The van der Waals surface area contributed by atoms with Crippen molar-refractivity contribution in [3.63, 3.8) is 0 Å². The van der Waals surface area contributed by atoms with E-state index < -0.39 is 0 Å². The van der Waals surface area contributed by atoms with E-state index >= 15 is 0 Å². The summed E-state index contributed by atoms with van der Waals surface area (Å²) in [7, 11) is 0. The summed E-state index contributed by atoms with van der Waals surface area (Å²) >= 11 is 3.72. The third-order valence-electron chi connectivity index (χ3n) is 10.4. The molecule has 0 bridgehead atoms. The molecule has 0 saturated heterocycles. The zero-order chi connectivity index (χ0) is 34.2. The van der Waals surface area contributed by atoms with Crippen LogP contribution >= 0.6 is 22.7 Å². The summed E-state index contributed by atoms with van der Waals surface area (Å²) in [5.41, 5.74) is 9.35. The minimum Gasteiger partial charge on any atom is -0.310 e. The second-order valence-corrected chi connectivity index (χ2v) is 15.5. The summed E-state index contributed by atoms with van der Waals surface area (Å²) in [6.45, 7) is 0. The Bertz CT molecular complexity index is 2990. The number of anilines is 3. The molecular weight excluding hydrogens is 669 g/mol. The lowest BCUT2D eigenvalue weighted by Gasteiger charge is -2.26. The van der Waals surface area contributed by atoms with E-state index in [1.807, 2.05) is 22.7 Å². The highest BCUT2D eigenvalue weighted by atomic mass is 32.1. The first-order valence-corrected chi connectivity index (χ1v) is 19.2. The van der Waals surface area contributed by atoms with E-state index in [1.54, 1.807) is 0 Å². The summed E-state index contributed by atoms with van der Waals surface area (Å²) in [4.78, 5) is 2.43. The van der Waals surface area contributed by atoms with Gasteiger partial charge in [0, 0.05) is 73.9 Å². The van der Waals surface area contributed by atoms with Crippen molar-refractivity contribution in [3.05, 3.63) is 182 Å². The molecule has 0 aliphatic rings. The van der Waals surface area contributed by atoms with E-state index in [-0.39, 0.29) is 0 Å². The molecule has 0 aliphatic heterocycles. The average Bonchev–Trinajstić information content (AvgIpc) is 3.88. The predicted molar refractivity (Wildman–Crippen MR) is 227 cm³/mol. The highest BCUT2D eigenvalue weighted by Crippen LogP contribution is 2.44. The Morgan fingerprint density at radius 3 is 1.38 bits per heavy atom. The fourth-order valence-electron chi connectivity index (χ4n) is 8.00. The number of hydrogen-bond acceptors (Lipinski definition) is 3. The van der Waals surface area contributed by atoms with Crippen LogP contribution in [-0.4, -0.2) is 4.57 Å². The molecule has 244 valence electrons. The Hall–Kier alpha value is -6.20. The predicted octanol–water partition coefficient (Wildman–Crippen LogP) is 14.7. The van der Waals surface area contributed by atoms with Gasteiger partial charge in [0.1, 0.15) is 0 Å². The lowest BCUT2D eigenvalue weighted by Crippen LogP contribution is -2.10. The van der Waals surface area contributed by atoms with Crippen LogP contribution in [0.25, 0.3) is 79.0 Å². The van der Waals surface area contributed by atoms with Crippen LogP contribution in [0, 0.1) is 0 Å². The van der Waals surface area contributed by atoms with Crippen LogP contribution in [0.2, 0.25) is 0 Å². The van der Waals surface area contributed by atoms with Gasteiger partial charge in [-0.2, -0.15) is 0 Å². The maximum atomic E-state index is 2.43. The SMILES string of the molecule is c1cc(-c2cccc(-n3c4ccccc4c4ccccc43)c2)cc(N(c2ccc3sc4ccccc4c3c2)c2ccc3sc4ccccc4c3c2)c1. The molecule has 3 aromatic heterocycles. The number of fused-ring (bicyclic) bond motifs is 9. The molecule has 3 heterocycles. The maximum absolute atomic E-state index is 2.43. The molecule has 0 saturated carbocycles. The number of para-hydroxylation sites is 2. The molecule has 52 heavy (non-hydrogen) atoms. The van der Waals surface area contributed by atoms with Gasteiger partial charge in [-0.15, -0.1) is 22.7 Å². The van der Waals surface area contributed by atoms with Gasteiger partial charge in [-0.3, -0.25) is 0 Å². The number of aromatic nitrogens is 1. The van der Waals surface area contributed by atoms with E-state index in [0.717, 1.165) is 22.7 Å². The molecule has 11 rings (SSSR count). The first kappa shape index (κ1) is 29.5. The Labute approximate surface area is 308 Å². The van der Waals surface area contributed by atoms with Gasteiger partial charge in [-0.25, -0.2) is 0 Å². The van der Waals surface area contributed by atoms with Crippen molar-refractivity contribution in [2.75, 3.05) is 4.90 Å². The largest absolute Gasteiger partial charge is 0.310 e. The minimum absolute atomic E-state index is 1.12. The van der Waals surface area contributed by atoms with Crippen LogP contribution in [-0.2, 0) is 0 Å². The van der Waals surface area contributed by atoms with E-state index in [0.29, 0.717) is 0 Å².